The van der Waals surface area contributed by atoms with Crippen LogP contribution in [-0.4, -0.2) is 74.8 Å². The van der Waals surface area contributed by atoms with Crippen molar-refractivity contribution in [2.24, 2.45) is 0 Å². The van der Waals surface area contributed by atoms with Gasteiger partial charge in [0, 0.05) is 43.3 Å². The zero-order chi connectivity index (χ0) is 28.6. The maximum Gasteiger partial charge on any atom is 0.254 e. The summed E-state index contributed by atoms with van der Waals surface area (Å²) in [4.78, 5) is 30.2. The molecule has 0 bridgehead atoms. The van der Waals surface area contributed by atoms with Crippen LogP contribution >= 0.6 is 11.6 Å². The smallest absolute Gasteiger partial charge is 0.254 e. The molecule has 0 unspecified atom stereocenters. The van der Waals surface area contributed by atoms with E-state index in [-0.39, 0.29) is 24.2 Å². The Bertz CT molecular complexity index is 1610. The van der Waals surface area contributed by atoms with Crippen molar-refractivity contribution < 1.29 is 27.5 Å². The van der Waals surface area contributed by atoms with Crippen molar-refractivity contribution in [1.29, 1.82) is 0 Å². The third-order valence-corrected chi connectivity index (χ3v) is 9.22. The van der Waals surface area contributed by atoms with Crippen LogP contribution in [-0.2, 0) is 26.9 Å². The number of carbonyl (C=O) groups is 2. The molecule has 3 aromatic carbocycles. The summed E-state index contributed by atoms with van der Waals surface area (Å²) in [5, 5.41) is 6.25. The lowest BCUT2D eigenvalue weighted by molar-refractivity contribution is -0.116. The van der Waals surface area contributed by atoms with Crippen LogP contribution in [0.3, 0.4) is 0 Å². The number of amides is 2. The molecule has 3 aliphatic heterocycles. The molecule has 0 spiro atoms. The first-order valence-corrected chi connectivity index (χ1v) is 15.5. The molecule has 1 fully saturated rings. The van der Waals surface area contributed by atoms with Gasteiger partial charge in [0.25, 0.3) is 5.91 Å². The number of nitrogens with zero attached hydrogens (tertiary/aromatic N) is 2. The monoisotopic (exact) mass is 596 g/mol. The van der Waals surface area contributed by atoms with Crippen LogP contribution in [0, 0.1) is 0 Å². The first-order chi connectivity index (χ1) is 19.7. The summed E-state index contributed by atoms with van der Waals surface area (Å²) in [6.45, 7) is 3.62. The summed E-state index contributed by atoms with van der Waals surface area (Å²) in [6, 6.07) is 16.7. The van der Waals surface area contributed by atoms with E-state index in [1.807, 2.05) is 18.2 Å². The van der Waals surface area contributed by atoms with Crippen LogP contribution in [0.5, 0.6) is 11.5 Å². The van der Waals surface area contributed by atoms with Crippen LogP contribution in [0.15, 0.2) is 60.7 Å². The maximum absolute atomic E-state index is 13.3. The summed E-state index contributed by atoms with van der Waals surface area (Å²) in [5.41, 5.74) is 3.17. The lowest BCUT2D eigenvalue weighted by Gasteiger charge is -2.35. The molecule has 2 N–H and O–H groups in total. The van der Waals surface area contributed by atoms with Crippen molar-refractivity contribution in [3.8, 4) is 11.5 Å². The van der Waals surface area contributed by atoms with E-state index < -0.39 is 21.8 Å². The van der Waals surface area contributed by atoms with Gasteiger partial charge in [0.1, 0.15) is 6.04 Å². The SMILES string of the molecule is O=C1Nc2cc(C(=O)N3CCN(Cc4ccc5c(c4)OCO5)CC3)ccc2N[C@H]1CS(=O)(=O)Cc1cccc(Cl)c1. The number of ether oxygens (including phenoxy) is 2. The summed E-state index contributed by atoms with van der Waals surface area (Å²) in [5.74, 6) is 0.348. The fourth-order valence-corrected chi connectivity index (χ4v) is 7.04. The predicted molar refractivity (Wildman–Crippen MR) is 155 cm³/mol. The van der Waals surface area contributed by atoms with Gasteiger partial charge in [-0.15, -0.1) is 0 Å². The lowest BCUT2D eigenvalue weighted by Crippen LogP contribution is -2.48. The number of sulfone groups is 1. The van der Waals surface area contributed by atoms with Gasteiger partial charge in [0.15, 0.2) is 21.3 Å². The molecule has 1 saturated heterocycles. The Balaban J connectivity index is 1.05. The van der Waals surface area contributed by atoms with Gasteiger partial charge in [0.2, 0.25) is 12.7 Å². The highest BCUT2D eigenvalue weighted by Gasteiger charge is 2.31. The average molecular weight is 597 g/mol. The van der Waals surface area contributed by atoms with Crippen LogP contribution in [0.2, 0.25) is 5.02 Å². The van der Waals surface area contributed by atoms with Gasteiger partial charge in [-0.3, -0.25) is 14.5 Å². The van der Waals surface area contributed by atoms with Gasteiger partial charge in [0.05, 0.1) is 22.9 Å². The van der Waals surface area contributed by atoms with Crippen LogP contribution in [0.4, 0.5) is 11.4 Å². The molecular weight excluding hydrogens is 568 g/mol. The van der Waals surface area contributed by atoms with E-state index in [9.17, 15) is 18.0 Å². The molecule has 3 aliphatic rings. The minimum Gasteiger partial charge on any atom is -0.454 e. The molecular formula is C29H29ClN4O6S. The van der Waals surface area contributed by atoms with Gasteiger partial charge in [-0.2, -0.15) is 0 Å². The summed E-state index contributed by atoms with van der Waals surface area (Å²) in [6.07, 6.45) is 0. The van der Waals surface area contributed by atoms with Crippen LogP contribution < -0.4 is 20.1 Å². The third-order valence-electron chi connectivity index (χ3n) is 7.37. The first-order valence-electron chi connectivity index (χ1n) is 13.3. The third kappa shape index (κ3) is 6.27. The summed E-state index contributed by atoms with van der Waals surface area (Å²) >= 11 is 5.97. The molecule has 12 heteroatoms. The Hall–Kier alpha value is -3.80. The van der Waals surface area contributed by atoms with E-state index in [0.29, 0.717) is 40.6 Å². The van der Waals surface area contributed by atoms with E-state index >= 15 is 0 Å². The first kappa shape index (κ1) is 27.4. The van der Waals surface area contributed by atoms with Crippen molar-refractivity contribution in [2.75, 3.05) is 49.4 Å². The number of fused-ring (bicyclic) bond motifs is 2. The Morgan fingerprint density at radius 3 is 2.54 bits per heavy atom. The normalized spacial score (nSPS) is 18.4. The van der Waals surface area contributed by atoms with E-state index in [1.165, 1.54) is 0 Å². The predicted octanol–water partition coefficient (Wildman–Crippen LogP) is 3.37. The topological polar surface area (TPSA) is 117 Å². The Kier molecular flexibility index (Phi) is 7.50. The largest absolute Gasteiger partial charge is 0.454 e. The number of carbonyl (C=O) groups excluding carboxylic acids is 2. The van der Waals surface area contributed by atoms with E-state index in [0.717, 1.165) is 36.7 Å². The minimum atomic E-state index is -3.61. The van der Waals surface area contributed by atoms with Gasteiger partial charge in [-0.1, -0.05) is 29.8 Å². The molecule has 0 radical (unpaired) electrons. The molecule has 0 aliphatic carbocycles. The molecule has 0 aromatic heterocycles. The number of hydrogen-bond donors (Lipinski definition) is 2. The quantitative estimate of drug-likeness (QED) is 0.426. The molecule has 0 saturated carbocycles. The summed E-state index contributed by atoms with van der Waals surface area (Å²) < 4.78 is 36.4. The van der Waals surface area contributed by atoms with E-state index in [2.05, 4.69) is 15.5 Å². The van der Waals surface area contributed by atoms with E-state index in [1.54, 1.807) is 47.4 Å². The molecule has 3 aromatic rings. The zero-order valence-electron chi connectivity index (χ0n) is 22.1. The second kappa shape index (κ2) is 11.2. The van der Waals surface area contributed by atoms with Gasteiger partial charge in [-0.05, 0) is 53.6 Å². The van der Waals surface area contributed by atoms with Crippen molar-refractivity contribution in [3.63, 3.8) is 0 Å². The van der Waals surface area contributed by atoms with Crippen LogP contribution in [0.25, 0.3) is 0 Å². The molecule has 10 nitrogen and oxygen atoms in total. The zero-order valence-corrected chi connectivity index (χ0v) is 23.7. The Morgan fingerprint density at radius 2 is 1.73 bits per heavy atom. The number of benzene rings is 3. The maximum atomic E-state index is 13.3. The van der Waals surface area contributed by atoms with Crippen molar-refractivity contribution in [2.45, 2.75) is 18.3 Å². The molecule has 1 atom stereocenters. The van der Waals surface area contributed by atoms with Crippen molar-refractivity contribution in [3.05, 3.63) is 82.4 Å². The number of halogens is 1. The number of rotatable bonds is 7. The second-order valence-corrected chi connectivity index (χ2v) is 12.9. The second-order valence-electron chi connectivity index (χ2n) is 10.4. The fourth-order valence-electron chi connectivity index (χ4n) is 5.28. The number of anilines is 2. The van der Waals surface area contributed by atoms with Crippen molar-refractivity contribution >= 4 is 44.6 Å². The van der Waals surface area contributed by atoms with Gasteiger partial charge < -0.3 is 25.0 Å². The summed E-state index contributed by atoms with van der Waals surface area (Å²) in [7, 11) is -3.61. The number of piperazine rings is 1. The Labute approximate surface area is 243 Å². The fraction of sp³-hybridized carbons (Fsp3) is 0.310. The van der Waals surface area contributed by atoms with E-state index in [4.69, 9.17) is 21.1 Å². The molecule has 6 rings (SSSR count). The van der Waals surface area contributed by atoms with Gasteiger partial charge >= 0.3 is 0 Å². The molecule has 3 heterocycles. The highest BCUT2D eigenvalue weighted by atomic mass is 35.5. The minimum absolute atomic E-state index is 0.115. The van der Waals surface area contributed by atoms with Crippen LogP contribution in [0.1, 0.15) is 21.5 Å². The molecule has 41 heavy (non-hydrogen) atoms. The molecule has 2 amide bonds. The Morgan fingerprint density at radius 1 is 0.927 bits per heavy atom. The van der Waals surface area contributed by atoms with Gasteiger partial charge in [-0.25, -0.2) is 8.42 Å². The molecule has 214 valence electrons. The number of nitrogens with one attached hydrogen (secondary N) is 2. The lowest BCUT2D eigenvalue weighted by atomic mass is 10.1. The highest BCUT2D eigenvalue weighted by molar-refractivity contribution is 7.90. The number of hydrogen-bond acceptors (Lipinski definition) is 8. The highest BCUT2D eigenvalue weighted by Crippen LogP contribution is 2.33. The average Bonchev–Trinajstić information content (AvgIpc) is 3.41. The standard InChI is InChI=1S/C29H29ClN4O6S/c30-22-3-1-2-20(12-22)16-41(37,38)17-25-28(35)32-24-14-21(5-6-23(24)31-25)29(36)34-10-8-33(9-11-34)15-19-4-7-26-27(13-19)40-18-39-26/h1-7,12-14,25,31H,8-11,15-18H2,(H,32,35)/t25-/m0/s1. The van der Waals surface area contributed by atoms with Crippen molar-refractivity contribution in [1.82, 2.24) is 9.80 Å².